The molecule has 0 amide bonds. The number of aromatic nitrogens is 2. The van der Waals surface area contributed by atoms with Gasteiger partial charge < -0.3 is 4.74 Å². The van der Waals surface area contributed by atoms with E-state index in [0.29, 0.717) is 18.3 Å². The third-order valence-corrected chi connectivity index (χ3v) is 3.16. The van der Waals surface area contributed by atoms with Crippen molar-refractivity contribution in [2.75, 3.05) is 6.61 Å². The van der Waals surface area contributed by atoms with Crippen molar-refractivity contribution in [1.82, 2.24) is 9.97 Å². The minimum absolute atomic E-state index is 0.592. The van der Waals surface area contributed by atoms with E-state index in [1.807, 2.05) is 43.3 Å². The maximum Gasteiger partial charge on any atom is 0.225 e. The molecule has 3 heteroatoms. The lowest BCUT2D eigenvalue weighted by atomic mass is 10.1. The SMILES string of the molecule is CCOc1nc(-c2ccc(C)cc2)nc2ccccc12. The highest BCUT2D eigenvalue weighted by Crippen LogP contribution is 2.26. The smallest absolute Gasteiger partial charge is 0.225 e. The Morgan fingerprint density at radius 3 is 2.45 bits per heavy atom. The second-order valence-corrected chi connectivity index (χ2v) is 4.67. The number of benzene rings is 2. The van der Waals surface area contributed by atoms with Gasteiger partial charge in [-0.15, -0.1) is 0 Å². The van der Waals surface area contributed by atoms with E-state index in [1.54, 1.807) is 0 Å². The highest BCUT2D eigenvalue weighted by molar-refractivity contribution is 5.85. The fourth-order valence-electron chi connectivity index (χ4n) is 2.13. The Balaban J connectivity index is 2.18. The van der Waals surface area contributed by atoms with E-state index in [4.69, 9.17) is 4.74 Å². The molecule has 0 spiro atoms. The average Bonchev–Trinajstić information content (AvgIpc) is 2.48. The summed E-state index contributed by atoms with van der Waals surface area (Å²) >= 11 is 0. The molecule has 1 aromatic heterocycles. The zero-order chi connectivity index (χ0) is 13.9. The van der Waals surface area contributed by atoms with Gasteiger partial charge in [0.25, 0.3) is 0 Å². The topological polar surface area (TPSA) is 35.0 Å². The lowest BCUT2D eigenvalue weighted by molar-refractivity contribution is 0.331. The van der Waals surface area contributed by atoms with Gasteiger partial charge in [0, 0.05) is 5.56 Å². The number of hydrogen-bond acceptors (Lipinski definition) is 3. The van der Waals surface area contributed by atoms with E-state index in [2.05, 4.69) is 29.0 Å². The highest BCUT2D eigenvalue weighted by atomic mass is 16.5. The summed E-state index contributed by atoms with van der Waals surface area (Å²) in [6, 6.07) is 16.1. The fourth-order valence-corrected chi connectivity index (χ4v) is 2.13. The molecule has 0 radical (unpaired) electrons. The van der Waals surface area contributed by atoms with Gasteiger partial charge in [-0.1, -0.05) is 42.0 Å². The van der Waals surface area contributed by atoms with E-state index in [9.17, 15) is 0 Å². The largest absolute Gasteiger partial charge is 0.477 e. The standard InChI is InChI=1S/C17H16N2O/c1-3-20-17-14-6-4-5-7-15(14)18-16(19-17)13-10-8-12(2)9-11-13/h4-11H,3H2,1-2H3. The molecule has 0 N–H and O–H groups in total. The van der Waals surface area contributed by atoms with Crippen LogP contribution in [0.4, 0.5) is 0 Å². The quantitative estimate of drug-likeness (QED) is 0.717. The Kier molecular flexibility index (Phi) is 3.33. The Labute approximate surface area is 118 Å². The van der Waals surface area contributed by atoms with Gasteiger partial charge in [0.1, 0.15) is 0 Å². The molecule has 0 bridgehead atoms. The van der Waals surface area contributed by atoms with Gasteiger partial charge in [-0.3, -0.25) is 0 Å². The van der Waals surface area contributed by atoms with Crippen molar-refractivity contribution >= 4 is 10.9 Å². The van der Waals surface area contributed by atoms with Crippen LogP contribution in [0.15, 0.2) is 48.5 Å². The summed E-state index contributed by atoms with van der Waals surface area (Å²) in [5, 5.41) is 0.949. The molecule has 0 atom stereocenters. The molecule has 2 aromatic carbocycles. The van der Waals surface area contributed by atoms with Gasteiger partial charge >= 0.3 is 0 Å². The summed E-state index contributed by atoms with van der Waals surface area (Å²) < 4.78 is 5.65. The molecular formula is C17H16N2O. The zero-order valence-corrected chi connectivity index (χ0v) is 11.6. The van der Waals surface area contributed by atoms with Crippen LogP contribution in [-0.2, 0) is 0 Å². The Morgan fingerprint density at radius 2 is 1.70 bits per heavy atom. The number of aryl methyl sites for hydroxylation is 1. The van der Waals surface area contributed by atoms with Crippen LogP contribution in [0, 0.1) is 6.92 Å². The molecule has 0 aliphatic heterocycles. The van der Waals surface area contributed by atoms with Crippen molar-refractivity contribution in [2.45, 2.75) is 13.8 Å². The van der Waals surface area contributed by atoms with Crippen LogP contribution in [-0.4, -0.2) is 16.6 Å². The third-order valence-electron chi connectivity index (χ3n) is 3.16. The first-order valence-corrected chi connectivity index (χ1v) is 6.74. The molecule has 20 heavy (non-hydrogen) atoms. The number of fused-ring (bicyclic) bond motifs is 1. The minimum atomic E-state index is 0.592. The summed E-state index contributed by atoms with van der Waals surface area (Å²) in [6.07, 6.45) is 0. The molecular weight excluding hydrogens is 248 g/mol. The van der Waals surface area contributed by atoms with Crippen molar-refractivity contribution in [3.8, 4) is 17.3 Å². The second-order valence-electron chi connectivity index (χ2n) is 4.67. The zero-order valence-electron chi connectivity index (χ0n) is 11.6. The van der Waals surface area contributed by atoms with Gasteiger partial charge in [0.2, 0.25) is 5.88 Å². The molecule has 3 aromatic rings. The van der Waals surface area contributed by atoms with Crippen LogP contribution in [0.1, 0.15) is 12.5 Å². The molecule has 0 saturated heterocycles. The molecule has 0 saturated carbocycles. The lowest BCUT2D eigenvalue weighted by Gasteiger charge is -2.09. The molecule has 100 valence electrons. The van der Waals surface area contributed by atoms with E-state index in [0.717, 1.165) is 16.5 Å². The first-order chi connectivity index (χ1) is 9.78. The van der Waals surface area contributed by atoms with Gasteiger partial charge in [0.15, 0.2) is 5.82 Å². The summed E-state index contributed by atoms with van der Waals surface area (Å²) in [4.78, 5) is 9.18. The number of ether oxygens (including phenoxy) is 1. The molecule has 0 fully saturated rings. The van der Waals surface area contributed by atoms with Crippen molar-refractivity contribution in [2.24, 2.45) is 0 Å². The van der Waals surface area contributed by atoms with E-state index in [-0.39, 0.29) is 0 Å². The summed E-state index contributed by atoms with van der Waals surface area (Å²) in [5.74, 6) is 1.35. The summed E-state index contributed by atoms with van der Waals surface area (Å²) in [5.41, 5.74) is 3.13. The van der Waals surface area contributed by atoms with Gasteiger partial charge in [0.05, 0.1) is 17.5 Å². The van der Waals surface area contributed by atoms with E-state index >= 15 is 0 Å². The van der Waals surface area contributed by atoms with E-state index in [1.165, 1.54) is 5.56 Å². The van der Waals surface area contributed by atoms with Gasteiger partial charge in [-0.2, -0.15) is 4.98 Å². The Bertz CT molecular complexity index is 736. The van der Waals surface area contributed by atoms with Crippen LogP contribution in [0.3, 0.4) is 0 Å². The molecule has 0 aliphatic rings. The normalized spacial score (nSPS) is 10.7. The van der Waals surface area contributed by atoms with Gasteiger partial charge in [-0.05, 0) is 26.0 Å². The number of rotatable bonds is 3. The predicted octanol–water partition coefficient (Wildman–Crippen LogP) is 4.00. The van der Waals surface area contributed by atoms with E-state index < -0.39 is 0 Å². The molecule has 0 unspecified atom stereocenters. The van der Waals surface area contributed by atoms with Crippen LogP contribution in [0.25, 0.3) is 22.3 Å². The number of hydrogen-bond donors (Lipinski definition) is 0. The average molecular weight is 264 g/mol. The maximum absolute atomic E-state index is 5.65. The molecule has 3 nitrogen and oxygen atoms in total. The van der Waals surface area contributed by atoms with Crippen molar-refractivity contribution in [1.29, 1.82) is 0 Å². The van der Waals surface area contributed by atoms with Crippen molar-refractivity contribution < 1.29 is 4.74 Å². The monoisotopic (exact) mass is 264 g/mol. The van der Waals surface area contributed by atoms with Crippen LogP contribution in [0.2, 0.25) is 0 Å². The van der Waals surface area contributed by atoms with Gasteiger partial charge in [-0.25, -0.2) is 4.98 Å². The second kappa shape index (κ2) is 5.29. The minimum Gasteiger partial charge on any atom is -0.477 e. The number of para-hydroxylation sites is 1. The fraction of sp³-hybridized carbons (Fsp3) is 0.176. The van der Waals surface area contributed by atoms with Crippen LogP contribution >= 0.6 is 0 Å². The first-order valence-electron chi connectivity index (χ1n) is 6.74. The highest BCUT2D eigenvalue weighted by Gasteiger charge is 2.09. The van der Waals surface area contributed by atoms with Crippen LogP contribution < -0.4 is 4.74 Å². The number of nitrogens with zero attached hydrogens (tertiary/aromatic N) is 2. The maximum atomic E-state index is 5.65. The molecule has 1 heterocycles. The lowest BCUT2D eigenvalue weighted by Crippen LogP contribution is -1.99. The molecule has 0 aliphatic carbocycles. The third kappa shape index (κ3) is 2.35. The van der Waals surface area contributed by atoms with Crippen LogP contribution in [0.5, 0.6) is 5.88 Å². The Hall–Kier alpha value is -2.42. The van der Waals surface area contributed by atoms with Crippen molar-refractivity contribution in [3.63, 3.8) is 0 Å². The van der Waals surface area contributed by atoms with Crippen molar-refractivity contribution in [3.05, 3.63) is 54.1 Å². The Morgan fingerprint density at radius 1 is 0.950 bits per heavy atom. The predicted molar refractivity (Wildman–Crippen MR) is 80.9 cm³/mol. The first kappa shape index (κ1) is 12.6. The molecule has 3 rings (SSSR count). The summed E-state index contributed by atoms with van der Waals surface area (Å²) in [7, 11) is 0. The summed E-state index contributed by atoms with van der Waals surface area (Å²) in [6.45, 7) is 4.62.